The first-order valence-electron chi connectivity index (χ1n) is 5.60. The first kappa shape index (κ1) is 15.6. The summed E-state index contributed by atoms with van der Waals surface area (Å²) in [6, 6.07) is 4.66. The maximum absolute atomic E-state index is 11.8. The molecule has 0 saturated carbocycles. The highest BCUT2D eigenvalue weighted by Crippen LogP contribution is 2.11. The van der Waals surface area contributed by atoms with E-state index in [1.54, 1.807) is 32.9 Å². The van der Waals surface area contributed by atoms with Gasteiger partial charge in [-0.15, -0.1) is 0 Å². The summed E-state index contributed by atoms with van der Waals surface area (Å²) in [5, 5.41) is 0. The van der Waals surface area contributed by atoms with Crippen LogP contribution in [-0.2, 0) is 25.6 Å². The normalized spacial score (nSPS) is 12.2. The molecule has 106 valence electrons. The minimum Gasteiger partial charge on any atom is -0.455 e. The molecule has 0 spiro atoms. The van der Waals surface area contributed by atoms with Crippen molar-refractivity contribution in [3.63, 3.8) is 0 Å². The number of hydrogen-bond acceptors (Lipinski definition) is 6. The molecule has 0 aliphatic rings. The molecule has 0 amide bonds. The lowest BCUT2D eigenvalue weighted by Crippen LogP contribution is -2.24. The van der Waals surface area contributed by atoms with Gasteiger partial charge in [0.25, 0.3) is 10.1 Å². The van der Waals surface area contributed by atoms with Crippen molar-refractivity contribution in [2.75, 3.05) is 6.26 Å². The molecule has 0 saturated heterocycles. The average molecular weight is 287 g/mol. The molecule has 0 radical (unpaired) electrons. The zero-order chi connectivity index (χ0) is 14.7. The Balaban J connectivity index is 2.80. The van der Waals surface area contributed by atoms with Crippen molar-refractivity contribution in [3.8, 4) is 0 Å². The fourth-order valence-corrected chi connectivity index (χ4v) is 1.51. The Labute approximate surface area is 112 Å². The zero-order valence-corrected chi connectivity index (χ0v) is 12.2. The summed E-state index contributed by atoms with van der Waals surface area (Å²) in [5.74, 6) is -0.561. The van der Waals surface area contributed by atoms with Crippen LogP contribution in [0.15, 0.2) is 18.2 Å². The molecule has 1 rings (SSSR count). The Hall–Kier alpha value is -1.47. The fraction of sp³-hybridized carbons (Fsp3) is 0.500. The molecular weight excluding hydrogens is 270 g/mol. The number of ether oxygens (including phenoxy) is 1. The highest BCUT2D eigenvalue weighted by molar-refractivity contribution is 7.85. The Bertz CT molecular complexity index is 560. The largest absolute Gasteiger partial charge is 0.455 e. The summed E-state index contributed by atoms with van der Waals surface area (Å²) in [7, 11) is -3.54. The third-order valence-corrected chi connectivity index (χ3v) is 2.38. The molecule has 0 unspecified atom stereocenters. The van der Waals surface area contributed by atoms with Crippen LogP contribution < -0.4 is 0 Å². The minimum absolute atomic E-state index is 0.115. The Kier molecular flexibility index (Phi) is 4.65. The van der Waals surface area contributed by atoms with Gasteiger partial charge < -0.3 is 4.74 Å². The lowest BCUT2D eigenvalue weighted by Gasteiger charge is -2.19. The Morgan fingerprint density at radius 3 is 2.47 bits per heavy atom. The number of carbonyl (C=O) groups is 1. The molecule has 0 aliphatic heterocycles. The lowest BCUT2D eigenvalue weighted by molar-refractivity contribution is 0.00624. The number of rotatable bonds is 4. The van der Waals surface area contributed by atoms with E-state index < -0.39 is 21.7 Å². The fourth-order valence-electron chi connectivity index (χ4n) is 1.17. The first-order chi connectivity index (χ1) is 8.57. The van der Waals surface area contributed by atoms with Crippen molar-refractivity contribution in [2.45, 2.75) is 33.0 Å². The van der Waals surface area contributed by atoms with Crippen LogP contribution in [0.5, 0.6) is 0 Å². The van der Waals surface area contributed by atoms with Gasteiger partial charge in [-0.3, -0.25) is 4.18 Å². The van der Waals surface area contributed by atoms with Crippen LogP contribution in [0.25, 0.3) is 0 Å². The maximum atomic E-state index is 11.8. The molecule has 1 heterocycles. The van der Waals surface area contributed by atoms with E-state index in [-0.39, 0.29) is 12.3 Å². The van der Waals surface area contributed by atoms with Gasteiger partial charge in [0, 0.05) is 0 Å². The second-order valence-corrected chi connectivity index (χ2v) is 6.63. The number of aromatic nitrogens is 1. The second-order valence-electron chi connectivity index (χ2n) is 4.98. The molecule has 1 aromatic rings. The summed E-state index contributed by atoms with van der Waals surface area (Å²) in [4.78, 5) is 15.8. The Morgan fingerprint density at radius 2 is 1.95 bits per heavy atom. The van der Waals surface area contributed by atoms with Gasteiger partial charge in [-0.1, -0.05) is 6.07 Å². The number of carbonyl (C=O) groups excluding carboxylic acids is 1. The van der Waals surface area contributed by atoms with Gasteiger partial charge in [0.1, 0.15) is 17.9 Å². The van der Waals surface area contributed by atoms with Crippen LogP contribution in [0.3, 0.4) is 0 Å². The number of nitrogens with zero attached hydrogens (tertiary/aromatic N) is 1. The molecule has 0 aliphatic carbocycles. The van der Waals surface area contributed by atoms with E-state index in [0.29, 0.717) is 5.69 Å². The molecule has 1 aromatic heterocycles. The van der Waals surface area contributed by atoms with Gasteiger partial charge in [0.2, 0.25) is 0 Å². The monoisotopic (exact) mass is 287 g/mol. The van der Waals surface area contributed by atoms with E-state index in [2.05, 4.69) is 9.17 Å². The highest BCUT2D eigenvalue weighted by atomic mass is 32.2. The van der Waals surface area contributed by atoms with Crippen molar-refractivity contribution < 1.29 is 22.1 Å². The first-order valence-corrected chi connectivity index (χ1v) is 7.42. The summed E-state index contributed by atoms with van der Waals surface area (Å²) in [6.07, 6.45) is 0.949. The average Bonchev–Trinajstić information content (AvgIpc) is 2.23. The molecule has 0 fully saturated rings. The van der Waals surface area contributed by atoms with Gasteiger partial charge in [-0.25, -0.2) is 9.78 Å². The minimum atomic E-state index is -3.54. The van der Waals surface area contributed by atoms with Crippen LogP contribution >= 0.6 is 0 Å². The Morgan fingerprint density at radius 1 is 1.32 bits per heavy atom. The van der Waals surface area contributed by atoms with Crippen molar-refractivity contribution in [1.29, 1.82) is 0 Å². The van der Waals surface area contributed by atoms with E-state index in [4.69, 9.17) is 4.74 Å². The molecule has 19 heavy (non-hydrogen) atoms. The van der Waals surface area contributed by atoms with E-state index in [1.807, 2.05) is 0 Å². The van der Waals surface area contributed by atoms with Crippen molar-refractivity contribution in [3.05, 3.63) is 29.6 Å². The number of hydrogen-bond donors (Lipinski definition) is 0. The summed E-state index contributed by atoms with van der Waals surface area (Å²) in [5.41, 5.74) is -0.156. The third kappa shape index (κ3) is 6.30. The number of esters is 1. The smallest absolute Gasteiger partial charge is 0.357 e. The topological polar surface area (TPSA) is 82.6 Å². The second kappa shape index (κ2) is 5.66. The van der Waals surface area contributed by atoms with E-state index in [0.717, 1.165) is 6.26 Å². The maximum Gasteiger partial charge on any atom is 0.357 e. The zero-order valence-electron chi connectivity index (χ0n) is 11.3. The molecule has 7 heteroatoms. The predicted octanol–water partition coefficient (Wildman–Crippen LogP) is 1.51. The van der Waals surface area contributed by atoms with Crippen LogP contribution in [0, 0.1) is 0 Å². The van der Waals surface area contributed by atoms with Gasteiger partial charge in [-0.2, -0.15) is 8.42 Å². The standard InChI is InChI=1S/C12H17NO5S/c1-12(2,3)18-11(14)10-7-5-6-9(13-10)8-17-19(4,15)16/h5-7H,8H2,1-4H3. The van der Waals surface area contributed by atoms with Crippen molar-refractivity contribution >= 4 is 16.1 Å². The van der Waals surface area contributed by atoms with Gasteiger partial charge in [-0.05, 0) is 32.9 Å². The van der Waals surface area contributed by atoms with E-state index >= 15 is 0 Å². The van der Waals surface area contributed by atoms with Gasteiger partial charge in [0.05, 0.1) is 11.9 Å². The van der Waals surface area contributed by atoms with Crippen LogP contribution in [-0.4, -0.2) is 31.2 Å². The number of pyridine rings is 1. The molecule has 0 N–H and O–H groups in total. The van der Waals surface area contributed by atoms with Gasteiger partial charge >= 0.3 is 5.97 Å². The molecule has 0 atom stereocenters. The quantitative estimate of drug-likeness (QED) is 0.616. The lowest BCUT2D eigenvalue weighted by atomic mass is 10.2. The van der Waals surface area contributed by atoms with Crippen LogP contribution in [0.2, 0.25) is 0 Å². The predicted molar refractivity (Wildman–Crippen MR) is 69.0 cm³/mol. The highest BCUT2D eigenvalue weighted by Gasteiger charge is 2.19. The third-order valence-electron chi connectivity index (χ3n) is 1.84. The van der Waals surface area contributed by atoms with Crippen LogP contribution in [0.1, 0.15) is 37.0 Å². The van der Waals surface area contributed by atoms with Crippen molar-refractivity contribution in [2.24, 2.45) is 0 Å². The van der Waals surface area contributed by atoms with Crippen molar-refractivity contribution in [1.82, 2.24) is 4.98 Å². The molecule has 6 nitrogen and oxygen atoms in total. The van der Waals surface area contributed by atoms with E-state index in [9.17, 15) is 13.2 Å². The van der Waals surface area contributed by atoms with Crippen LogP contribution in [0.4, 0.5) is 0 Å². The van der Waals surface area contributed by atoms with Gasteiger partial charge in [0.15, 0.2) is 0 Å². The molecule has 0 bridgehead atoms. The van der Waals surface area contributed by atoms with E-state index in [1.165, 1.54) is 6.07 Å². The molecule has 0 aromatic carbocycles. The SMILES string of the molecule is CC(C)(C)OC(=O)c1cccc(COS(C)(=O)=O)n1. The molecular formula is C12H17NO5S. The summed E-state index contributed by atoms with van der Waals surface area (Å²) < 4.78 is 31.5. The summed E-state index contributed by atoms with van der Waals surface area (Å²) in [6.45, 7) is 5.04. The summed E-state index contributed by atoms with van der Waals surface area (Å²) >= 11 is 0.